The standard InChI is InChI=1S/C12H17N3O/c16-12(11-5-1-2-7-14-11)9-15-10-4-3-6-13-8-10/h1-2,5,7,10,13,15H,3-4,6,8-9H2/t10-/m1/s1. The molecule has 1 saturated heterocycles. The molecule has 86 valence electrons. The van der Waals surface area contributed by atoms with Crippen molar-refractivity contribution in [3.63, 3.8) is 0 Å². The number of rotatable bonds is 4. The molecule has 0 spiro atoms. The van der Waals surface area contributed by atoms with Gasteiger partial charge in [-0.1, -0.05) is 6.07 Å². The van der Waals surface area contributed by atoms with E-state index in [1.54, 1.807) is 12.3 Å². The summed E-state index contributed by atoms with van der Waals surface area (Å²) < 4.78 is 0. The van der Waals surface area contributed by atoms with E-state index >= 15 is 0 Å². The van der Waals surface area contributed by atoms with Gasteiger partial charge in [0.25, 0.3) is 0 Å². The Labute approximate surface area is 95.5 Å². The van der Waals surface area contributed by atoms with Crippen molar-refractivity contribution < 1.29 is 4.79 Å². The van der Waals surface area contributed by atoms with Crippen LogP contribution >= 0.6 is 0 Å². The predicted octanol–water partition coefficient (Wildman–Crippen LogP) is 0.606. The fourth-order valence-corrected chi connectivity index (χ4v) is 1.88. The van der Waals surface area contributed by atoms with E-state index in [0.717, 1.165) is 19.5 Å². The van der Waals surface area contributed by atoms with E-state index in [0.29, 0.717) is 18.3 Å². The Morgan fingerprint density at radius 2 is 2.50 bits per heavy atom. The van der Waals surface area contributed by atoms with Crippen molar-refractivity contribution in [2.45, 2.75) is 18.9 Å². The Hall–Kier alpha value is -1.26. The van der Waals surface area contributed by atoms with Gasteiger partial charge in [-0.2, -0.15) is 0 Å². The van der Waals surface area contributed by atoms with Crippen LogP contribution in [0.25, 0.3) is 0 Å². The van der Waals surface area contributed by atoms with Crippen molar-refractivity contribution in [2.75, 3.05) is 19.6 Å². The van der Waals surface area contributed by atoms with E-state index < -0.39 is 0 Å². The van der Waals surface area contributed by atoms with Gasteiger partial charge < -0.3 is 10.6 Å². The molecule has 0 aromatic carbocycles. The Morgan fingerprint density at radius 3 is 3.19 bits per heavy atom. The third-order valence-corrected chi connectivity index (χ3v) is 2.80. The van der Waals surface area contributed by atoms with E-state index in [9.17, 15) is 4.79 Å². The summed E-state index contributed by atoms with van der Waals surface area (Å²) in [5.74, 6) is 0.0613. The summed E-state index contributed by atoms with van der Waals surface area (Å²) in [6.07, 6.45) is 3.97. The highest BCUT2D eigenvalue weighted by Crippen LogP contribution is 2.01. The van der Waals surface area contributed by atoms with E-state index in [1.165, 1.54) is 6.42 Å². The molecule has 1 atom stereocenters. The molecule has 0 radical (unpaired) electrons. The molecule has 0 saturated carbocycles. The normalized spacial score (nSPS) is 20.6. The quantitative estimate of drug-likeness (QED) is 0.728. The van der Waals surface area contributed by atoms with Gasteiger partial charge >= 0.3 is 0 Å². The van der Waals surface area contributed by atoms with E-state index in [-0.39, 0.29) is 5.78 Å². The smallest absolute Gasteiger partial charge is 0.194 e. The van der Waals surface area contributed by atoms with Crippen molar-refractivity contribution in [2.24, 2.45) is 0 Å². The lowest BCUT2D eigenvalue weighted by atomic mass is 10.1. The number of nitrogens with zero attached hydrogens (tertiary/aromatic N) is 1. The monoisotopic (exact) mass is 219 g/mol. The summed E-state index contributed by atoms with van der Waals surface area (Å²) in [5.41, 5.74) is 0.541. The van der Waals surface area contributed by atoms with Gasteiger partial charge in [0.1, 0.15) is 5.69 Å². The minimum absolute atomic E-state index is 0.0613. The summed E-state index contributed by atoms with van der Waals surface area (Å²) in [7, 11) is 0. The molecule has 1 aromatic heterocycles. The molecule has 1 fully saturated rings. The Bertz CT molecular complexity index is 333. The summed E-state index contributed by atoms with van der Waals surface area (Å²) in [6.45, 7) is 2.42. The molecule has 1 aromatic rings. The lowest BCUT2D eigenvalue weighted by Gasteiger charge is -2.23. The molecule has 4 nitrogen and oxygen atoms in total. The second-order valence-electron chi connectivity index (χ2n) is 4.06. The van der Waals surface area contributed by atoms with Crippen LogP contribution in [0.1, 0.15) is 23.3 Å². The Kier molecular flexibility index (Phi) is 4.02. The summed E-state index contributed by atoms with van der Waals surface area (Å²) in [5, 5.41) is 6.58. The summed E-state index contributed by atoms with van der Waals surface area (Å²) in [6, 6.07) is 5.82. The highest BCUT2D eigenvalue weighted by Gasteiger charge is 2.14. The molecular weight excluding hydrogens is 202 g/mol. The number of carbonyl (C=O) groups excluding carboxylic acids is 1. The minimum Gasteiger partial charge on any atom is -0.315 e. The number of ketones is 1. The maximum atomic E-state index is 11.7. The van der Waals surface area contributed by atoms with Gasteiger partial charge in [0.15, 0.2) is 5.78 Å². The van der Waals surface area contributed by atoms with Gasteiger partial charge in [-0.05, 0) is 31.5 Å². The lowest BCUT2D eigenvalue weighted by Crippen LogP contribution is -2.44. The van der Waals surface area contributed by atoms with Crippen LogP contribution in [0.2, 0.25) is 0 Å². The number of aromatic nitrogens is 1. The Balaban J connectivity index is 1.79. The zero-order chi connectivity index (χ0) is 11.2. The first-order chi connectivity index (χ1) is 7.86. The van der Waals surface area contributed by atoms with Gasteiger partial charge in [-0.15, -0.1) is 0 Å². The fraction of sp³-hybridized carbons (Fsp3) is 0.500. The van der Waals surface area contributed by atoms with Crippen molar-refractivity contribution in [3.8, 4) is 0 Å². The zero-order valence-electron chi connectivity index (χ0n) is 9.28. The van der Waals surface area contributed by atoms with Crippen molar-refractivity contribution in [3.05, 3.63) is 30.1 Å². The van der Waals surface area contributed by atoms with Crippen molar-refractivity contribution in [1.82, 2.24) is 15.6 Å². The second kappa shape index (κ2) is 5.72. The summed E-state index contributed by atoms with van der Waals surface area (Å²) in [4.78, 5) is 15.8. The molecule has 4 heteroatoms. The van der Waals surface area contributed by atoms with Crippen LogP contribution in [0, 0.1) is 0 Å². The van der Waals surface area contributed by atoms with E-state index in [4.69, 9.17) is 0 Å². The highest BCUT2D eigenvalue weighted by atomic mass is 16.1. The number of carbonyl (C=O) groups is 1. The maximum Gasteiger partial charge on any atom is 0.194 e. The van der Waals surface area contributed by atoms with Crippen LogP contribution < -0.4 is 10.6 Å². The minimum atomic E-state index is 0.0613. The topological polar surface area (TPSA) is 54.0 Å². The first-order valence-corrected chi connectivity index (χ1v) is 5.74. The number of piperidine rings is 1. The predicted molar refractivity (Wildman–Crippen MR) is 62.5 cm³/mol. The molecule has 2 heterocycles. The third-order valence-electron chi connectivity index (χ3n) is 2.80. The number of hydrogen-bond donors (Lipinski definition) is 2. The van der Waals surface area contributed by atoms with Gasteiger partial charge in [0, 0.05) is 18.8 Å². The molecule has 1 aliphatic rings. The van der Waals surface area contributed by atoms with Crippen LogP contribution in [-0.4, -0.2) is 36.4 Å². The molecule has 16 heavy (non-hydrogen) atoms. The average molecular weight is 219 g/mol. The molecule has 0 unspecified atom stereocenters. The number of hydrogen-bond acceptors (Lipinski definition) is 4. The average Bonchev–Trinajstić information content (AvgIpc) is 2.38. The third kappa shape index (κ3) is 3.12. The van der Waals surface area contributed by atoms with Gasteiger partial charge in [-0.3, -0.25) is 9.78 Å². The second-order valence-corrected chi connectivity index (χ2v) is 4.06. The SMILES string of the molecule is O=C(CN[C@@H]1CCCNC1)c1ccccn1. The zero-order valence-corrected chi connectivity index (χ0v) is 9.28. The molecule has 0 aliphatic carbocycles. The van der Waals surface area contributed by atoms with Crippen LogP contribution in [0.3, 0.4) is 0 Å². The lowest BCUT2D eigenvalue weighted by molar-refractivity contribution is 0.0981. The number of pyridine rings is 1. The van der Waals surface area contributed by atoms with Gasteiger partial charge in [0.2, 0.25) is 0 Å². The largest absolute Gasteiger partial charge is 0.315 e. The first kappa shape index (κ1) is 11.2. The molecule has 1 aliphatic heterocycles. The van der Waals surface area contributed by atoms with Crippen LogP contribution in [0.4, 0.5) is 0 Å². The fourth-order valence-electron chi connectivity index (χ4n) is 1.88. The van der Waals surface area contributed by atoms with E-state index in [2.05, 4.69) is 15.6 Å². The highest BCUT2D eigenvalue weighted by molar-refractivity contribution is 5.95. The van der Waals surface area contributed by atoms with Gasteiger partial charge in [0.05, 0.1) is 6.54 Å². The Morgan fingerprint density at radius 1 is 1.56 bits per heavy atom. The maximum absolute atomic E-state index is 11.7. The molecular formula is C12H17N3O. The molecule has 0 amide bonds. The van der Waals surface area contributed by atoms with Crippen molar-refractivity contribution in [1.29, 1.82) is 0 Å². The first-order valence-electron chi connectivity index (χ1n) is 5.74. The molecule has 2 rings (SSSR count). The van der Waals surface area contributed by atoms with E-state index in [1.807, 2.05) is 12.1 Å². The molecule has 0 bridgehead atoms. The summed E-state index contributed by atoms with van der Waals surface area (Å²) >= 11 is 0. The number of nitrogens with one attached hydrogen (secondary N) is 2. The van der Waals surface area contributed by atoms with Crippen LogP contribution in [0.5, 0.6) is 0 Å². The van der Waals surface area contributed by atoms with Crippen molar-refractivity contribution >= 4 is 5.78 Å². The van der Waals surface area contributed by atoms with Gasteiger partial charge in [-0.25, -0.2) is 0 Å². The number of Topliss-reactive ketones (excluding diaryl/α,β-unsaturated/α-hetero) is 1. The molecule has 2 N–H and O–H groups in total. The van der Waals surface area contributed by atoms with Crippen LogP contribution in [0.15, 0.2) is 24.4 Å². The van der Waals surface area contributed by atoms with Crippen LogP contribution in [-0.2, 0) is 0 Å².